The first-order chi connectivity index (χ1) is 5.88. The van der Waals surface area contributed by atoms with Crippen LogP contribution in [0.5, 0.6) is 0 Å². The van der Waals surface area contributed by atoms with Crippen LogP contribution in [0.2, 0.25) is 0 Å². The summed E-state index contributed by atoms with van der Waals surface area (Å²) < 4.78 is 2.74. The molecule has 0 unspecified atom stereocenters. The molecule has 0 aliphatic carbocycles. The molecular formula is C9H6SSe2. The Morgan fingerprint density at radius 1 is 1.00 bits per heavy atom. The van der Waals surface area contributed by atoms with Gasteiger partial charge in [-0.15, -0.1) is 0 Å². The van der Waals surface area contributed by atoms with E-state index in [4.69, 9.17) is 12.2 Å². The molecule has 60 valence electrons. The zero-order valence-corrected chi connectivity index (χ0v) is 10.4. The Balaban J connectivity index is 2.34. The van der Waals surface area contributed by atoms with E-state index in [1.54, 1.807) is 0 Å². The minimum absolute atomic E-state index is 0.497. The van der Waals surface area contributed by atoms with E-state index in [0.717, 1.165) is 4.86 Å². The standard InChI is InChI=1S/C9H6SSe2/c10-9(7-3-1-5-11-7)8-4-2-6-12-8/h1-6H. The molecule has 0 nitrogen and oxygen atoms in total. The third-order valence-corrected chi connectivity index (χ3v) is 6.24. The van der Waals surface area contributed by atoms with Gasteiger partial charge in [-0.05, 0) is 0 Å². The topological polar surface area (TPSA) is 0 Å². The van der Waals surface area contributed by atoms with Crippen LogP contribution < -0.4 is 0 Å². The summed E-state index contributed by atoms with van der Waals surface area (Å²) in [6.07, 6.45) is 0. The van der Waals surface area contributed by atoms with Gasteiger partial charge in [-0.25, -0.2) is 0 Å². The number of thiocarbonyl (C=S) groups is 1. The van der Waals surface area contributed by atoms with Gasteiger partial charge in [0.1, 0.15) is 0 Å². The van der Waals surface area contributed by atoms with Gasteiger partial charge in [0.15, 0.2) is 0 Å². The fraction of sp³-hybridized carbons (Fsp3) is 0. The van der Waals surface area contributed by atoms with Crippen LogP contribution in [0.1, 0.15) is 8.87 Å². The van der Waals surface area contributed by atoms with Crippen molar-refractivity contribution in [2.24, 2.45) is 0 Å². The average molecular weight is 304 g/mol. The van der Waals surface area contributed by atoms with Crippen LogP contribution in [0.25, 0.3) is 0 Å². The summed E-state index contributed by atoms with van der Waals surface area (Å²) in [4.78, 5) is 5.53. The Labute approximate surface area is 88.7 Å². The molecule has 3 heteroatoms. The van der Waals surface area contributed by atoms with Gasteiger partial charge in [0.2, 0.25) is 0 Å². The molecule has 0 aliphatic heterocycles. The zero-order chi connectivity index (χ0) is 8.39. The predicted octanol–water partition coefficient (Wildman–Crippen LogP) is 1.57. The Bertz CT molecular complexity index is 323. The van der Waals surface area contributed by atoms with Crippen LogP contribution >= 0.6 is 12.2 Å². The van der Waals surface area contributed by atoms with E-state index >= 15 is 0 Å². The van der Waals surface area contributed by atoms with Gasteiger partial charge in [-0.1, -0.05) is 0 Å². The Morgan fingerprint density at radius 2 is 1.50 bits per heavy atom. The van der Waals surface area contributed by atoms with Crippen molar-refractivity contribution in [3.8, 4) is 0 Å². The van der Waals surface area contributed by atoms with Crippen LogP contribution in [0.4, 0.5) is 0 Å². The van der Waals surface area contributed by atoms with Gasteiger partial charge in [-0.2, -0.15) is 0 Å². The van der Waals surface area contributed by atoms with Gasteiger partial charge in [-0.3, -0.25) is 0 Å². The molecule has 0 saturated carbocycles. The predicted molar refractivity (Wildman–Crippen MR) is 57.6 cm³/mol. The molecule has 0 saturated heterocycles. The fourth-order valence-corrected chi connectivity index (χ4v) is 4.75. The summed E-state index contributed by atoms with van der Waals surface area (Å²) in [6.45, 7) is 0. The molecule has 12 heavy (non-hydrogen) atoms. The minimum atomic E-state index is 0.497. The number of rotatable bonds is 2. The van der Waals surface area contributed by atoms with Crippen molar-refractivity contribution in [2.45, 2.75) is 0 Å². The van der Waals surface area contributed by atoms with E-state index in [1.807, 2.05) is 0 Å². The van der Waals surface area contributed by atoms with Crippen LogP contribution in [0.15, 0.2) is 34.1 Å². The molecule has 2 aromatic heterocycles. The second-order valence-corrected chi connectivity index (χ2v) is 6.67. The van der Waals surface area contributed by atoms with Gasteiger partial charge < -0.3 is 0 Å². The molecule has 0 aliphatic rings. The molecule has 0 spiro atoms. The van der Waals surface area contributed by atoms with Crippen LogP contribution in [-0.2, 0) is 0 Å². The van der Waals surface area contributed by atoms with Gasteiger partial charge in [0.25, 0.3) is 0 Å². The summed E-state index contributed by atoms with van der Waals surface area (Å²) in [6, 6.07) is 8.52. The molecule has 0 bridgehead atoms. The summed E-state index contributed by atoms with van der Waals surface area (Å²) >= 11 is 6.38. The van der Waals surface area contributed by atoms with Crippen molar-refractivity contribution in [3.63, 3.8) is 0 Å². The quantitative estimate of drug-likeness (QED) is 0.461. The summed E-state index contributed by atoms with van der Waals surface area (Å²) in [5.74, 6) is 0. The van der Waals surface area contributed by atoms with E-state index in [0.29, 0.717) is 29.0 Å². The first-order valence-electron chi connectivity index (χ1n) is 3.49. The van der Waals surface area contributed by atoms with Crippen molar-refractivity contribution in [1.29, 1.82) is 0 Å². The molecule has 2 heterocycles. The van der Waals surface area contributed by atoms with Gasteiger partial charge in [0.05, 0.1) is 0 Å². The molecule has 0 N–H and O–H groups in total. The van der Waals surface area contributed by atoms with Crippen LogP contribution in [0.3, 0.4) is 0 Å². The number of hydrogen-bond donors (Lipinski definition) is 0. The molecule has 0 amide bonds. The SMILES string of the molecule is S=C(c1ccc[se]1)c1ccc[se]1. The Hall–Kier alpha value is 0.0890. The third kappa shape index (κ3) is 1.71. The van der Waals surface area contributed by atoms with E-state index in [9.17, 15) is 0 Å². The zero-order valence-electron chi connectivity index (χ0n) is 6.19. The molecule has 2 rings (SSSR count). The first-order valence-corrected chi connectivity index (χ1v) is 7.59. The second kappa shape index (κ2) is 3.87. The van der Waals surface area contributed by atoms with E-state index < -0.39 is 0 Å². The maximum atomic E-state index is 5.39. The second-order valence-electron chi connectivity index (χ2n) is 2.28. The molecule has 0 radical (unpaired) electrons. The normalized spacial score (nSPS) is 10.0. The monoisotopic (exact) mass is 306 g/mol. The van der Waals surface area contributed by atoms with Gasteiger partial charge in [0, 0.05) is 0 Å². The van der Waals surface area contributed by atoms with E-state index in [1.165, 1.54) is 8.87 Å². The maximum absolute atomic E-state index is 5.39. The van der Waals surface area contributed by atoms with Crippen LogP contribution in [0, 0.1) is 0 Å². The molecular weight excluding hydrogens is 298 g/mol. The summed E-state index contributed by atoms with van der Waals surface area (Å²) in [5.41, 5.74) is 0. The third-order valence-electron chi connectivity index (χ3n) is 1.49. The molecule has 0 fully saturated rings. The number of hydrogen-bond acceptors (Lipinski definition) is 1. The first kappa shape index (κ1) is 8.68. The summed E-state index contributed by atoms with van der Waals surface area (Å²) in [7, 11) is 0. The van der Waals surface area contributed by atoms with E-state index in [-0.39, 0.29) is 0 Å². The summed E-state index contributed by atoms with van der Waals surface area (Å²) in [5, 5.41) is 0. The molecule has 2 aromatic rings. The molecule has 0 aromatic carbocycles. The van der Waals surface area contributed by atoms with Crippen molar-refractivity contribution in [2.75, 3.05) is 0 Å². The van der Waals surface area contributed by atoms with Crippen molar-refractivity contribution in [3.05, 3.63) is 43.0 Å². The van der Waals surface area contributed by atoms with Crippen LogP contribution in [-0.4, -0.2) is 33.9 Å². The molecule has 0 atom stereocenters. The Morgan fingerprint density at radius 3 is 1.83 bits per heavy atom. The van der Waals surface area contributed by atoms with Crippen molar-refractivity contribution < 1.29 is 0 Å². The van der Waals surface area contributed by atoms with E-state index in [2.05, 4.69) is 34.1 Å². The Kier molecular flexibility index (Phi) is 2.79. The fourth-order valence-electron chi connectivity index (χ4n) is 0.937. The van der Waals surface area contributed by atoms with Crippen molar-refractivity contribution in [1.82, 2.24) is 0 Å². The average Bonchev–Trinajstić information content (AvgIpc) is 2.77. The van der Waals surface area contributed by atoms with Gasteiger partial charge >= 0.3 is 89.1 Å². The van der Waals surface area contributed by atoms with Crippen molar-refractivity contribution >= 4 is 46.1 Å².